The molecule has 0 saturated heterocycles. The molecule has 0 aliphatic heterocycles. The van der Waals surface area contributed by atoms with Gasteiger partial charge in [-0.15, -0.1) is 0 Å². The Kier molecular flexibility index (Phi) is 9.55. The van der Waals surface area contributed by atoms with Crippen molar-refractivity contribution >= 4 is 24.9 Å². The summed E-state index contributed by atoms with van der Waals surface area (Å²) < 4.78 is 14.5. The van der Waals surface area contributed by atoms with Crippen LogP contribution in [0.2, 0.25) is 0 Å². The first-order chi connectivity index (χ1) is 11.9. The lowest BCUT2D eigenvalue weighted by Gasteiger charge is -2.12. The highest BCUT2D eigenvalue weighted by atomic mass is 31.2. The average molecular weight is 363 g/mol. The normalized spacial score (nSPS) is 12.2. The first kappa shape index (κ1) is 20.9. The van der Waals surface area contributed by atoms with Gasteiger partial charge in [0.05, 0.1) is 6.61 Å². The summed E-state index contributed by atoms with van der Waals surface area (Å²) in [7, 11) is -3.17. The average Bonchev–Trinajstić information content (AvgIpc) is 2.56. The number of anilines is 2. The van der Waals surface area contributed by atoms with Crippen molar-refractivity contribution in [2.24, 2.45) is 4.99 Å². The Labute approximate surface area is 149 Å². The molecule has 0 aliphatic rings. The standard InChI is InChI=1S/C15H17N3.C3H9O3P/c1-2-16-15(17-13-9-5-3-6-10-13)18-14-11-7-4-8-12-14;1-3-6-7(2,4)5/h3-12H,2H2,1H3,(H2,16,17,18);3H2,1-2H3,(H,4,5). The summed E-state index contributed by atoms with van der Waals surface area (Å²) in [4.78, 5) is 12.8. The predicted molar refractivity (Wildman–Crippen MR) is 105 cm³/mol. The van der Waals surface area contributed by atoms with Gasteiger partial charge in [0.25, 0.3) is 0 Å². The van der Waals surface area contributed by atoms with Gasteiger partial charge in [0, 0.05) is 24.6 Å². The minimum Gasteiger partial charge on any atom is -0.326 e. The molecule has 1 atom stereocenters. The molecule has 0 aromatic heterocycles. The van der Waals surface area contributed by atoms with E-state index in [9.17, 15) is 4.57 Å². The molecule has 0 aliphatic carbocycles. The molecule has 2 rings (SSSR count). The molecule has 25 heavy (non-hydrogen) atoms. The Morgan fingerprint density at radius 2 is 1.44 bits per heavy atom. The highest BCUT2D eigenvalue weighted by Crippen LogP contribution is 2.35. The number of nitrogens with zero attached hydrogens (tertiary/aromatic N) is 1. The summed E-state index contributed by atoms with van der Waals surface area (Å²) in [5.74, 6) is 0.759. The number of nitrogens with one attached hydrogen (secondary N) is 2. The van der Waals surface area contributed by atoms with E-state index in [1.807, 2.05) is 67.6 Å². The summed E-state index contributed by atoms with van der Waals surface area (Å²) >= 11 is 0. The third-order valence-corrected chi connectivity index (χ3v) is 3.50. The summed E-state index contributed by atoms with van der Waals surface area (Å²) in [5.41, 5.74) is 2.04. The van der Waals surface area contributed by atoms with Crippen LogP contribution in [0.15, 0.2) is 65.7 Å². The quantitative estimate of drug-likeness (QED) is 0.416. The van der Waals surface area contributed by atoms with E-state index in [-0.39, 0.29) is 0 Å². The molecular formula is C18H26N3O3P. The van der Waals surface area contributed by atoms with Crippen molar-refractivity contribution in [3.8, 4) is 0 Å². The van der Waals surface area contributed by atoms with Crippen molar-refractivity contribution in [1.29, 1.82) is 0 Å². The monoisotopic (exact) mass is 363 g/mol. The number of benzene rings is 2. The largest absolute Gasteiger partial charge is 0.326 e. The summed E-state index contributed by atoms with van der Waals surface area (Å²) in [6.07, 6.45) is 0. The molecule has 0 radical (unpaired) electrons. The number of hydrogen-bond acceptors (Lipinski definition) is 3. The van der Waals surface area contributed by atoms with E-state index in [1.54, 1.807) is 6.92 Å². The van der Waals surface area contributed by atoms with Gasteiger partial charge in [0.1, 0.15) is 0 Å². The lowest BCUT2D eigenvalue weighted by atomic mass is 10.3. The highest BCUT2D eigenvalue weighted by Gasteiger charge is 2.05. The minimum absolute atomic E-state index is 0.296. The Balaban J connectivity index is 0.000000381. The summed E-state index contributed by atoms with van der Waals surface area (Å²) in [5, 5.41) is 6.53. The van der Waals surface area contributed by atoms with Gasteiger partial charge in [0.2, 0.25) is 0 Å². The van der Waals surface area contributed by atoms with Crippen molar-refractivity contribution in [2.45, 2.75) is 13.8 Å². The van der Waals surface area contributed by atoms with Crippen LogP contribution in [-0.4, -0.2) is 30.7 Å². The van der Waals surface area contributed by atoms with Crippen LogP contribution in [0.3, 0.4) is 0 Å². The molecule has 0 bridgehead atoms. The van der Waals surface area contributed by atoms with E-state index in [2.05, 4.69) is 20.1 Å². The zero-order chi connectivity index (χ0) is 18.5. The molecule has 6 nitrogen and oxygen atoms in total. The van der Waals surface area contributed by atoms with Crippen LogP contribution in [0.1, 0.15) is 13.8 Å². The molecule has 1 unspecified atom stereocenters. The minimum atomic E-state index is -3.17. The predicted octanol–water partition coefficient (Wildman–Crippen LogP) is 4.42. The topological polar surface area (TPSA) is 83.0 Å². The van der Waals surface area contributed by atoms with Gasteiger partial charge < -0.3 is 20.1 Å². The fourth-order valence-electron chi connectivity index (χ4n) is 1.82. The Bertz CT molecular complexity index is 629. The van der Waals surface area contributed by atoms with Crippen LogP contribution in [0.4, 0.5) is 11.4 Å². The Morgan fingerprint density at radius 3 is 1.72 bits per heavy atom. The lowest BCUT2D eigenvalue weighted by molar-refractivity contribution is 0.279. The summed E-state index contributed by atoms with van der Waals surface area (Å²) in [6, 6.07) is 20.0. The highest BCUT2D eigenvalue weighted by molar-refractivity contribution is 7.51. The van der Waals surface area contributed by atoms with Crippen LogP contribution in [0.5, 0.6) is 0 Å². The Hall–Kier alpha value is -2.14. The van der Waals surface area contributed by atoms with Crippen LogP contribution in [-0.2, 0) is 9.09 Å². The molecule has 2 aromatic carbocycles. The maximum Gasteiger partial charge on any atom is 0.325 e. The first-order valence-electron chi connectivity index (χ1n) is 8.08. The molecule has 0 saturated carbocycles. The molecular weight excluding hydrogens is 337 g/mol. The maximum atomic E-state index is 10.1. The molecule has 0 spiro atoms. The van der Waals surface area contributed by atoms with Crippen LogP contribution in [0.25, 0.3) is 0 Å². The molecule has 2 aromatic rings. The van der Waals surface area contributed by atoms with Gasteiger partial charge >= 0.3 is 7.60 Å². The van der Waals surface area contributed by atoms with Crippen LogP contribution >= 0.6 is 7.60 Å². The van der Waals surface area contributed by atoms with E-state index in [4.69, 9.17) is 4.89 Å². The number of aliphatic imine (C=N–C) groups is 1. The zero-order valence-electron chi connectivity index (χ0n) is 14.8. The third kappa shape index (κ3) is 10.4. The molecule has 0 fully saturated rings. The Morgan fingerprint density at radius 1 is 1.00 bits per heavy atom. The molecule has 136 valence electrons. The van der Waals surface area contributed by atoms with Crippen molar-refractivity contribution in [1.82, 2.24) is 0 Å². The van der Waals surface area contributed by atoms with Crippen molar-refractivity contribution in [3.05, 3.63) is 60.7 Å². The van der Waals surface area contributed by atoms with Crippen molar-refractivity contribution in [3.63, 3.8) is 0 Å². The van der Waals surface area contributed by atoms with Gasteiger partial charge in [0.15, 0.2) is 5.96 Å². The van der Waals surface area contributed by atoms with Crippen molar-refractivity contribution < 1.29 is 14.0 Å². The fourth-order valence-corrected chi connectivity index (χ4v) is 2.30. The lowest BCUT2D eigenvalue weighted by Crippen LogP contribution is -2.22. The van der Waals surface area contributed by atoms with Gasteiger partial charge in [-0.2, -0.15) is 0 Å². The van der Waals surface area contributed by atoms with Crippen LogP contribution in [0, 0.1) is 0 Å². The van der Waals surface area contributed by atoms with Crippen LogP contribution < -0.4 is 10.6 Å². The molecule has 0 heterocycles. The first-order valence-corrected chi connectivity index (χ1v) is 10.1. The van der Waals surface area contributed by atoms with E-state index >= 15 is 0 Å². The van der Waals surface area contributed by atoms with E-state index < -0.39 is 7.60 Å². The van der Waals surface area contributed by atoms with Gasteiger partial charge in [-0.3, -0.25) is 9.56 Å². The second kappa shape index (κ2) is 11.4. The van der Waals surface area contributed by atoms with Gasteiger partial charge in [-0.05, 0) is 38.1 Å². The zero-order valence-corrected chi connectivity index (χ0v) is 15.7. The summed E-state index contributed by atoms with van der Waals surface area (Å²) in [6.45, 7) is 5.88. The SMILES string of the molecule is CCN=C(Nc1ccccc1)Nc1ccccc1.CCOP(C)(=O)O. The number of rotatable bonds is 5. The maximum absolute atomic E-state index is 10.1. The fraction of sp³-hybridized carbons (Fsp3) is 0.278. The smallest absolute Gasteiger partial charge is 0.325 e. The number of hydrogen-bond donors (Lipinski definition) is 3. The van der Waals surface area contributed by atoms with Gasteiger partial charge in [-0.1, -0.05) is 36.4 Å². The second-order valence-electron chi connectivity index (χ2n) is 5.03. The van der Waals surface area contributed by atoms with E-state index in [0.717, 1.165) is 30.5 Å². The van der Waals surface area contributed by atoms with E-state index in [0.29, 0.717) is 6.61 Å². The third-order valence-electron chi connectivity index (χ3n) is 2.76. The molecule has 7 heteroatoms. The van der Waals surface area contributed by atoms with E-state index in [1.165, 1.54) is 0 Å². The number of guanidine groups is 1. The molecule has 0 amide bonds. The second-order valence-corrected chi connectivity index (χ2v) is 6.89. The van der Waals surface area contributed by atoms with Gasteiger partial charge in [-0.25, -0.2) is 0 Å². The van der Waals surface area contributed by atoms with Crippen molar-refractivity contribution in [2.75, 3.05) is 30.5 Å². The number of para-hydroxylation sites is 2. The molecule has 3 N–H and O–H groups in total.